The van der Waals surface area contributed by atoms with Crippen LogP contribution in [-0.4, -0.2) is 52.3 Å². The molecule has 1 aliphatic rings. The highest BCUT2D eigenvalue weighted by molar-refractivity contribution is 5.87. The van der Waals surface area contributed by atoms with Gasteiger partial charge in [-0.3, -0.25) is 0 Å². The van der Waals surface area contributed by atoms with Gasteiger partial charge >= 0.3 is 6.61 Å². The molecule has 8 nitrogen and oxygen atoms in total. The molecule has 0 spiro atoms. The van der Waals surface area contributed by atoms with Gasteiger partial charge in [0.2, 0.25) is 5.95 Å². The van der Waals surface area contributed by atoms with Gasteiger partial charge in [-0.1, -0.05) is 32.9 Å². The van der Waals surface area contributed by atoms with Crippen LogP contribution in [0.25, 0.3) is 11.2 Å². The molecule has 1 aliphatic heterocycles. The number of anilines is 4. The SMILES string of the molecule is Cc1ccc(C(C)(C)C)cc1Nc1nc(N2CCN(c3ccc(OC(F)F)cc3)CC2)nc2ncn(C)c12. The van der Waals surface area contributed by atoms with Crippen molar-refractivity contribution < 1.29 is 13.5 Å². The summed E-state index contributed by atoms with van der Waals surface area (Å²) in [5.74, 6) is 1.50. The first kappa shape index (κ1) is 25.7. The van der Waals surface area contributed by atoms with E-state index < -0.39 is 6.61 Å². The average molecular weight is 522 g/mol. The van der Waals surface area contributed by atoms with Gasteiger partial charge < -0.3 is 24.4 Å². The Morgan fingerprint density at radius 3 is 2.29 bits per heavy atom. The normalized spacial score (nSPS) is 14.4. The minimum Gasteiger partial charge on any atom is -0.435 e. The van der Waals surface area contributed by atoms with Crippen LogP contribution < -0.4 is 19.9 Å². The predicted octanol–water partition coefficient (Wildman–Crippen LogP) is 5.64. The first-order valence-corrected chi connectivity index (χ1v) is 12.7. The lowest BCUT2D eigenvalue weighted by Crippen LogP contribution is -2.47. The maximum absolute atomic E-state index is 12.5. The maximum atomic E-state index is 12.5. The summed E-state index contributed by atoms with van der Waals surface area (Å²) in [5, 5.41) is 3.57. The van der Waals surface area contributed by atoms with Gasteiger partial charge in [-0.2, -0.15) is 18.7 Å². The highest BCUT2D eigenvalue weighted by Gasteiger charge is 2.23. The number of aromatic nitrogens is 4. The number of benzene rings is 2. The summed E-state index contributed by atoms with van der Waals surface area (Å²) < 4.78 is 31.3. The fourth-order valence-electron chi connectivity index (χ4n) is 4.63. The minimum atomic E-state index is -2.83. The second kappa shape index (κ2) is 10.1. The summed E-state index contributed by atoms with van der Waals surface area (Å²) in [6.07, 6.45) is 1.76. The van der Waals surface area contributed by atoms with Gasteiger partial charge in [-0.15, -0.1) is 0 Å². The molecular weight excluding hydrogens is 488 g/mol. The van der Waals surface area contributed by atoms with Gasteiger partial charge in [0.25, 0.3) is 0 Å². The Morgan fingerprint density at radius 2 is 1.63 bits per heavy atom. The van der Waals surface area contributed by atoms with Crippen molar-refractivity contribution >= 4 is 34.3 Å². The fourth-order valence-corrected chi connectivity index (χ4v) is 4.63. The van der Waals surface area contributed by atoms with E-state index >= 15 is 0 Å². The van der Waals surface area contributed by atoms with Crippen molar-refractivity contribution in [2.45, 2.75) is 39.7 Å². The van der Waals surface area contributed by atoms with Gasteiger partial charge in [0.15, 0.2) is 11.5 Å². The minimum absolute atomic E-state index is 0.0265. The Morgan fingerprint density at radius 1 is 0.947 bits per heavy atom. The number of alkyl halides is 2. The third kappa shape index (κ3) is 5.34. The molecule has 38 heavy (non-hydrogen) atoms. The molecule has 0 unspecified atom stereocenters. The first-order valence-electron chi connectivity index (χ1n) is 12.7. The molecule has 5 rings (SSSR count). The second-order valence-corrected chi connectivity index (χ2v) is 10.7. The largest absolute Gasteiger partial charge is 0.435 e. The zero-order valence-corrected chi connectivity index (χ0v) is 22.4. The number of imidazole rings is 1. The first-order chi connectivity index (χ1) is 18.1. The predicted molar refractivity (Wildman–Crippen MR) is 147 cm³/mol. The summed E-state index contributed by atoms with van der Waals surface area (Å²) in [4.78, 5) is 18.6. The lowest BCUT2D eigenvalue weighted by atomic mass is 9.86. The molecule has 0 bridgehead atoms. The van der Waals surface area contributed by atoms with Gasteiger partial charge in [-0.05, 0) is 53.8 Å². The number of rotatable bonds is 6. The summed E-state index contributed by atoms with van der Waals surface area (Å²) in [6.45, 7) is 8.78. The van der Waals surface area contributed by atoms with Gasteiger partial charge in [0.1, 0.15) is 11.3 Å². The lowest BCUT2D eigenvalue weighted by molar-refractivity contribution is -0.0498. The third-order valence-corrected chi connectivity index (χ3v) is 6.91. The number of nitrogens with zero attached hydrogens (tertiary/aromatic N) is 6. The second-order valence-electron chi connectivity index (χ2n) is 10.7. The molecule has 0 saturated carbocycles. The average Bonchev–Trinajstić information content (AvgIpc) is 3.25. The van der Waals surface area contributed by atoms with Crippen LogP contribution in [0.3, 0.4) is 0 Å². The zero-order valence-electron chi connectivity index (χ0n) is 22.4. The standard InChI is InChI=1S/C28H33F2N7O/c1-18-6-7-19(28(2,3)4)16-22(18)32-25-23-24(31-17-35(23)5)33-27(34-25)37-14-12-36(13-15-37)20-8-10-21(11-9-20)38-26(29)30/h6-11,16-17,26H,12-15H2,1-5H3,(H,32,33,34). The van der Waals surface area contributed by atoms with Crippen LogP contribution in [0.4, 0.5) is 31.9 Å². The van der Waals surface area contributed by atoms with Crippen molar-refractivity contribution in [1.29, 1.82) is 0 Å². The van der Waals surface area contributed by atoms with Crippen molar-refractivity contribution in [1.82, 2.24) is 19.5 Å². The number of piperazine rings is 1. The Balaban J connectivity index is 1.37. The molecule has 2 aromatic heterocycles. The Kier molecular flexibility index (Phi) is 6.81. The van der Waals surface area contributed by atoms with Gasteiger partial charge in [-0.25, -0.2) is 4.98 Å². The quantitative estimate of drug-likeness (QED) is 0.352. The van der Waals surface area contributed by atoms with Gasteiger partial charge in [0.05, 0.1) is 6.33 Å². The number of hydrogen-bond donors (Lipinski definition) is 1. The van der Waals surface area contributed by atoms with E-state index in [-0.39, 0.29) is 11.2 Å². The molecule has 0 aliphatic carbocycles. The van der Waals surface area contributed by atoms with Crippen LogP contribution in [-0.2, 0) is 12.5 Å². The van der Waals surface area contributed by atoms with Crippen LogP contribution in [0.15, 0.2) is 48.8 Å². The molecule has 0 radical (unpaired) electrons. The molecule has 10 heteroatoms. The monoisotopic (exact) mass is 521 g/mol. The molecule has 200 valence electrons. The number of fused-ring (bicyclic) bond motifs is 1. The molecular formula is C28H33F2N7O. The molecule has 1 saturated heterocycles. The van der Waals surface area contributed by atoms with Crippen LogP contribution in [0.5, 0.6) is 5.75 Å². The Hall–Kier alpha value is -3.95. The van der Waals surface area contributed by atoms with E-state index in [0.29, 0.717) is 24.7 Å². The van der Waals surface area contributed by atoms with E-state index in [4.69, 9.17) is 9.97 Å². The van der Waals surface area contributed by atoms with Crippen LogP contribution in [0.2, 0.25) is 0 Å². The topological polar surface area (TPSA) is 71.3 Å². The number of ether oxygens (including phenoxy) is 1. The van der Waals surface area contributed by atoms with Crippen LogP contribution >= 0.6 is 0 Å². The van der Waals surface area contributed by atoms with Crippen molar-refractivity contribution in [3.8, 4) is 5.75 Å². The summed E-state index contributed by atoms with van der Waals surface area (Å²) >= 11 is 0. The lowest BCUT2D eigenvalue weighted by Gasteiger charge is -2.36. The molecule has 4 aromatic rings. The van der Waals surface area contributed by atoms with E-state index in [0.717, 1.165) is 41.4 Å². The number of aryl methyl sites for hydroxylation is 2. The summed E-state index contributed by atoms with van der Waals surface area (Å²) in [6, 6.07) is 13.2. The van der Waals surface area contributed by atoms with E-state index in [1.54, 1.807) is 30.6 Å². The van der Waals surface area contributed by atoms with E-state index in [1.807, 2.05) is 11.6 Å². The summed E-state index contributed by atoms with van der Waals surface area (Å²) in [7, 11) is 1.94. The Labute approximate surface area is 221 Å². The molecule has 0 amide bonds. The molecule has 0 atom stereocenters. The number of halogens is 2. The summed E-state index contributed by atoms with van der Waals surface area (Å²) in [5.41, 5.74) is 5.86. The van der Waals surface area contributed by atoms with Gasteiger partial charge in [0, 0.05) is 44.6 Å². The van der Waals surface area contributed by atoms with E-state index in [2.05, 4.69) is 70.7 Å². The fraction of sp³-hybridized carbons (Fsp3) is 0.393. The van der Waals surface area contributed by atoms with Crippen molar-refractivity contribution in [3.63, 3.8) is 0 Å². The number of hydrogen-bond acceptors (Lipinski definition) is 7. The van der Waals surface area contributed by atoms with Crippen molar-refractivity contribution in [2.24, 2.45) is 7.05 Å². The van der Waals surface area contributed by atoms with E-state index in [1.165, 1.54) is 5.56 Å². The molecule has 2 aromatic carbocycles. The zero-order chi connectivity index (χ0) is 27.0. The van der Waals surface area contributed by atoms with Crippen LogP contribution in [0.1, 0.15) is 31.9 Å². The molecule has 1 fully saturated rings. The van der Waals surface area contributed by atoms with Crippen molar-refractivity contribution in [2.75, 3.05) is 41.3 Å². The van der Waals surface area contributed by atoms with Crippen molar-refractivity contribution in [3.05, 3.63) is 59.9 Å². The highest BCUT2D eigenvalue weighted by Crippen LogP contribution is 2.31. The maximum Gasteiger partial charge on any atom is 0.387 e. The number of nitrogens with one attached hydrogen (secondary N) is 1. The highest BCUT2D eigenvalue weighted by atomic mass is 19.3. The Bertz CT molecular complexity index is 1420. The van der Waals surface area contributed by atoms with Crippen LogP contribution in [0, 0.1) is 6.92 Å². The molecule has 1 N–H and O–H groups in total. The smallest absolute Gasteiger partial charge is 0.387 e. The molecule has 3 heterocycles. The third-order valence-electron chi connectivity index (χ3n) is 6.91. The van der Waals surface area contributed by atoms with E-state index in [9.17, 15) is 8.78 Å².